The molecule has 0 bridgehead atoms. The van der Waals surface area contributed by atoms with E-state index in [1.165, 1.54) is 11.6 Å². The van der Waals surface area contributed by atoms with Crippen molar-refractivity contribution in [1.82, 2.24) is 9.47 Å². The molecular weight excluding hydrogens is 519 g/mol. The van der Waals surface area contributed by atoms with Crippen LogP contribution >= 0.6 is 0 Å². The Morgan fingerprint density at radius 2 is 1.80 bits per heavy atom. The SMILES string of the molecule is CCOC(=O)Cn1c2c(c3cc(F)ccc31)C[C@@H](N(CCc1ccccc1)C(=O)CCc1ccccc1OC)CC2. The molecule has 0 saturated heterocycles. The molecule has 3 aromatic carbocycles. The van der Waals surface area contributed by atoms with Gasteiger partial charge in [-0.15, -0.1) is 0 Å². The molecule has 0 spiro atoms. The van der Waals surface area contributed by atoms with Gasteiger partial charge in [0.05, 0.1) is 13.7 Å². The van der Waals surface area contributed by atoms with Crippen molar-refractivity contribution in [3.63, 3.8) is 0 Å². The zero-order valence-corrected chi connectivity index (χ0v) is 23.8. The largest absolute Gasteiger partial charge is 0.496 e. The number of methoxy groups -OCH3 is 1. The lowest BCUT2D eigenvalue weighted by atomic mass is 9.89. The van der Waals surface area contributed by atoms with Crippen molar-refractivity contribution < 1.29 is 23.5 Å². The molecule has 1 aromatic heterocycles. The van der Waals surface area contributed by atoms with Crippen LogP contribution in [0.1, 0.15) is 42.1 Å². The number of halogens is 1. The quantitative estimate of drug-likeness (QED) is 0.216. The zero-order chi connectivity index (χ0) is 28.8. The molecule has 0 fully saturated rings. The van der Waals surface area contributed by atoms with Crippen LogP contribution in [0.2, 0.25) is 0 Å². The number of aromatic nitrogens is 1. The van der Waals surface area contributed by atoms with Gasteiger partial charge in [-0.1, -0.05) is 48.5 Å². The number of aryl methyl sites for hydroxylation is 1. The van der Waals surface area contributed by atoms with E-state index in [0.717, 1.165) is 46.3 Å². The van der Waals surface area contributed by atoms with Crippen molar-refractivity contribution in [2.24, 2.45) is 0 Å². The van der Waals surface area contributed by atoms with Crippen LogP contribution < -0.4 is 4.74 Å². The minimum atomic E-state index is -0.315. The van der Waals surface area contributed by atoms with Crippen molar-refractivity contribution in [3.05, 3.63) is 101 Å². The number of carbonyl (C=O) groups is 2. The van der Waals surface area contributed by atoms with Gasteiger partial charge in [0.2, 0.25) is 5.91 Å². The summed E-state index contributed by atoms with van der Waals surface area (Å²) in [6, 6.07) is 22.7. The third-order valence-corrected chi connectivity index (χ3v) is 8.04. The van der Waals surface area contributed by atoms with Crippen LogP contribution in [-0.4, -0.2) is 47.6 Å². The number of rotatable bonds is 11. The number of benzene rings is 3. The molecule has 0 radical (unpaired) electrons. The fourth-order valence-corrected chi connectivity index (χ4v) is 6.09. The lowest BCUT2D eigenvalue weighted by molar-refractivity contribution is -0.143. The molecule has 5 rings (SSSR count). The van der Waals surface area contributed by atoms with E-state index >= 15 is 0 Å². The first-order chi connectivity index (χ1) is 20.0. The number of para-hydroxylation sites is 1. The summed E-state index contributed by atoms with van der Waals surface area (Å²) in [5, 5.41) is 0.804. The van der Waals surface area contributed by atoms with Crippen LogP contribution in [-0.2, 0) is 46.6 Å². The van der Waals surface area contributed by atoms with Gasteiger partial charge in [-0.3, -0.25) is 9.59 Å². The maximum Gasteiger partial charge on any atom is 0.325 e. The number of amides is 1. The molecule has 41 heavy (non-hydrogen) atoms. The predicted molar refractivity (Wildman–Crippen MR) is 158 cm³/mol. The van der Waals surface area contributed by atoms with Crippen molar-refractivity contribution in [3.8, 4) is 5.75 Å². The molecule has 1 aliphatic rings. The molecule has 0 aliphatic heterocycles. The normalized spacial score (nSPS) is 14.5. The van der Waals surface area contributed by atoms with Crippen LogP contribution in [0.5, 0.6) is 5.75 Å². The van der Waals surface area contributed by atoms with Crippen molar-refractivity contribution >= 4 is 22.8 Å². The second-order valence-corrected chi connectivity index (χ2v) is 10.5. The second-order valence-electron chi connectivity index (χ2n) is 10.5. The van der Waals surface area contributed by atoms with Crippen molar-refractivity contribution in [1.29, 1.82) is 0 Å². The van der Waals surface area contributed by atoms with Gasteiger partial charge in [0.1, 0.15) is 18.1 Å². The van der Waals surface area contributed by atoms with Crippen LogP contribution in [0.15, 0.2) is 72.8 Å². The van der Waals surface area contributed by atoms with E-state index in [-0.39, 0.29) is 30.3 Å². The molecule has 6 nitrogen and oxygen atoms in total. The lowest BCUT2D eigenvalue weighted by Crippen LogP contribution is -2.44. The van der Waals surface area contributed by atoms with Gasteiger partial charge in [0.25, 0.3) is 0 Å². The number of carbonyl (C=O) groups excluding carboxylic acids is 2. The van der Waals surface area contributed by atoms with Gasteiger partial charge in [-0.05, 0) is 80.0 Å². The predicted octanol–water partition coefficient (Wildman–Crippen LogP) is 5.91. The lowest BCUT2D eigenvalue weighted by Gasteiger charge is -2.35. The van der Waals surface area contributed by atoms with Gasteiger partial charge in [0, 0.05) is 35.6 Å². The fourth-order valence-electron chi connectivity index (χ4n) is 6.09. The molecule has 7 heteroatoms. The Morgan fingerprint density at radius 1 is 1.02 bits per heavy atom. The molecule has 1 amide bonds. The number of fused-ring (bicyclic) bond motifs is 3. The first-order valence-corrected chi connectivity index (χ1v) is 14.4. The van der Waals surface area contributed by atoms with Gasteiger partial charge in [0.15, 0.2) is 0 Å². The van der Waals surface area contributed by atoms with Gasteiger partial charge in [-0.25, -0.2) is 4.39 Å². The van der Waals surface area contributed by atoms with Gasteiger partial charge < -0.3 is 18.9 Å². The topological polar surface area (TPSA) is 60.8 Å². The standard InChI is InChI=1S/C34H37FN2O4/c1-3-41-34(39)23-37-30-16-14-26(35)21-28(30)29-22-27(15-17-31(29)37)36(20-19-24-9-5-4-6-10-24)33(38)18-13-25-11-7-8-12-32(25)40-2/h4-12,14,16,21,27H,3,13,15,17-20,22-23H2,1-2H3/t27-/m0/s1. The van der Waals surface area contributed by atoms with Gasteiger partial charge in [-0.2, -0.15) is 0 Å². The number of esters is 1. The summed E-state index contributed by atoms with van der Waals surface area (Å²) in [5.41, 5.74) is 5.06. The van der Waals surface area contributed by atoms with E-state index < -0.39 is 0 Å². The highest BCUT2D eigenvalue weighted by atomic mass is 19.1. The minimum Gasteiger partial charge on any atom is -0.496 e. The second kappa shape index (κ2) is 13.0. The molecule has 4 aromatic rings. The third kappa shape index (κ3) is 6.45. The van der Waals surface area contributed by atoms with Gasteiger partial charge >= 0.3 is 5.97 Å². The average molecular weight is 557 g/mol. The van der Waals surface area contributed by atoms with Crippen molar-refractivity contribution in [2.45, 2.75) is 58.0 Å². The zero-order valence-electron chi connectivity index (χ0n) is 23.8. The third-order valence-electron chi connectivity index (χ3n) is 8.04. The first kappa shape index (κ1) is 28.4. The van der Waals surface area contributed by atoms with E-state index in [0.29, 0.717) is 38.8 Å². The van der Waals surface area contributed by atoms with Crippen molar-refractivity contribution in [2.75, 3.05) is 20.3 Å². The summed E-state index contributed by atoms with van der Waals surface area (Å²) in [5.74, 6) is 0.260. The Kier molecular flexibility index (Phi) is 9.02. The Morgan fingerprint density at radius 3 is 2.59 bits per heavy atom. The maximum absolute atomic E-state index is 14.4. The molecule has 0 N–H and O–H groups in total. The summed E-state index contributed by atoms with van der Waals surface area (Å²) in [6.07, 6.45) is 3.79. The summed E-state index contributed by atoms with van der Waals surface area (Å²) in [4.78, 5) is 28.3. The molecule has 1 atom stereocenters. The van der Waals surface area contributed by atoms with E-state index in [4.69, 9.17) is 9.47 Å². The van der Waals surface area contributed by atoms with E-state index in [1.54, 1.807) is 26.2 Å². The maximum atomic E-state index is 14.4. The Labute approximate surface area is 240 Å². The molecule has 1 aliphatic carbocycles. The summed E-state index contributed by atoms with van der Waals surface area (Å²) >= 11 is 0. The molecule has 1 heterocycles. The number of ether oxygens (including phenoxy) is 2. The minimum absolute atomic E-state index is 0.0266. The Bertz CT molecular complexity index is 1510. The number of nitrogens with zero attached hydrogens (tertiary/aromatic N) is 2. The van der Waals surface area contributed by atoms with Crippen LogP contribution in [0.3, 0.4) is 0 Å². The summed E-state index contributed by atoms with van der Waals surface area (Å²) in [6.45, 7) is 2.79. The highest BCUT2D eigenvalue weighted by molar-refractivity contribution is 5.87. The Balaban J connectivity index is 1.42. The summed E-state index contributed by atoms with van der Waals surface area (Å²) in [7, 11) is 1.65. The fraction of sp³-hybridized carbons (Fsp3) is 0.353. The van der Waals surface area contributed by atoms with E-state index in [9.17, 15) is 14.0 Å². The number of hydrogen-bond donors (Lipinski definition) is 0. The van der Waals surface area contributed by atoms with Crippen LogP contribution in [0.4, 0.5) is 4.39 Å². The smallest absolute Gasteiger partial charge is 0.325 e. The molecule has 0 saturated carbocycles. The van der Waals surface area contributed by atoms with Crippen LogP contribution in [0.25, 0.3) is 10.9 Å². The average Bonchev–Trinajstić information content (AvgIpc) is 3.28. The number of hydrogen-bond acceptors (Lipinski definition) is 4. The van der Waals surface area contributed by atoms with E-state index in [2.05, 4.69) is 12.1 Å². The van der Waals surface area contributed by atoms with E-state index in [1.807, 2.05) is 51.9 Å². The highest BCUT2D eigenvalue weighted by Gasteiger charge is 2.32. The highest BCUT2D eigenvalue weighted by Crippen LogP contribution is 2.35. The van der Waals surface area contributed by atoms with Crippen LogP contribution in [0, 0.1) is 5.82 Å². The summed E-state index contributed by atoms with van der Waals surface area (Å²) < 4.78 is 27.1. The first-order valence-electron chi connectivity index (χ1n) is 14.4. The molecular formula is C34H37FN2O4. The molecule has 0 unspecified atom stereocenters. The monoisotopic (exact) mass is 556 g/mol. The Hall–Kier alpha value is -4.13. The molecule has 214 valence electrons.